The molecule has 0 aliphatic heterocycles. The predicted molar refractivity (Wildman–Crippen MR) is 79.6 cm³/mol. The molecule has 0 unspecified atom stereocenters. The summed E-state index contributed by atoms with van der Waals surface area (Å²) in [4.78, 5) is 4.25. The topological polar surface area (TPSA) is 43.0 Å². The highest BCUT2D eigenvalue weighted by Crippen LogP contribution is 2.22. The molecule has 0 spiro atoms. The zero-order valence-electron chi connectivity index (χ0n) is 11.8. The Labute approximate surface area is 118 Å². The van der Waals surface area contributed by atoms with Crippen LogP contribution in [0.25, 0.3) is 10.9 Å². The van der Waals surface area contributed by atoms with Crippen LogP contribution >= 0.6 is 0 Å². The largest absolute Gasteiger partial charge is 0.392 e. The van der Waals surface area contributed by atoms with Gasteiger partial charge in [0.05, 0.1) is 25.2 Å². The van der Waals surface area contributed by atoms with Crippen LogP contribution in [0.15, 0.2) is 43.0 Å². The van der Waals surface area contributed by atoms with Crippen molar-refractivity contribution in [3.63, 3.8) is 0 Å². The van der Waals surface area contributed by atoms with Crippen molar-refractivity contribution in [2.45, 2.75) is 33.0 Å². The Kier molecular flexibility index (Phi) is 3.32. The highest BCUT2D eigenvalue weighted by Gasteiger charge is 2.09. The summed E-state index contributed by atoms with van der Waals surface area (Å²) in [6.45, 7) is 5.17. The highest BCUT2D eigenvalue weighted by molar-refractivity contribution is 5.83. The summed E-state index contributed by atoms with van der Waals surface area (Å²) < 4.78 is 4.38. The van der Waals surface area contributed by atoms with Crippen molar-refractivity contribution < 1.29 is 5.11 Å². The number of rotatable bonds is 4. The van der Waals surface area contributed by atoms with Gasteiger partial charge in [0.2, 0.25) is 0 Å². The van der Waals surface area contributed by atoms with Gasteiger partial charge in [0.1, 0.15) is 0 Å². The van der Waals surface area contributed by atoms with Gasteiger partial charge in [0.25, 0.3) is 0 Å². The second-order valence-corrected chi connectivity index (χ2v) is 5.34. The molecule has 2 heterocycles. The van der Waals surface area contributed by atoms with Crippen molar-refractivity contribution in [1.82, 2.24) is 14.1 Å². The van der Waals surface area contributed by atoms with Crippen molar-refractivity contribution in [2.75, 3.05) is 0 Å². The fraction of sp³-hybridized carbons (Fsp3) is 0.312. The second kappa shape index (κ2) is 5.13. The molecule has 104 valence electrons. The average molecular weight is 269 g/mol. The van der Waals surface area contributed by atoms with E-state index in [9.17, 15) is 5.11 Å². The molecule has 0 radical (unpaired) electrons. The first-order valence-corrected chi connectivity index (χ1v) is 6.89. The summed E-state index contributed by atoms with van der Waals surface area (Å²) in [5, 5.41) is 10.5. The van der Waals surface area contributed by atoms with Gasteiger partial charge in [-0.2, -0.15) is 0 Å². The van der Waals surface area contributed by atoms with Crippen LogP contribution < -0.4 is 0 Å². The molecule has 0 saturated heterocycles. The minimum atomic E-state index is 0.0747. The second-order valence-electron chi connectivity index (χ2n) is 5.34. The van der Waals surface area contributed by atoms with E-state index < -0.39 is 0 Å². The molecule has 4 heteroatoms. The summed E-state index contributed by atoms with van der Waals surface area (Å²) in [5.41, 5.74) is 3.30. The van der Waals surface area contributed by atoms with Gasteiger partial charge in [-0.15, -0.1) is 0 Å². The average Bonchev–Trinajstić information content (AvgIpc) is 3.06. The van der Waals surface area contributed by atoms with Gasteiger partial charge in [0, 0.05) is 29.3 Å². The van der Waals surface area contributed by atoms with Gasteiger partial charge in [-0.1, -0.05) is 12.1 Å². The van der Waals surface area contributed by atoms with Crippen molar-refractivity contribution in [3.05, 3.63) is 54.2 Å². The summed E-state index contributed by atoms with van der Waals surface area (Å²) in [6, 6.07) is 8.51. The molecule has 2 aromatic heterocycles. The van der Waals surface area contributed by atoms with Gasteiger partial charge in [-0.05, 0) is 31.5 Å². The molecule has 0 amide bonds. The molecule has 0 saturated carbocycles. The molecule has 1 N–H and O–H groups in total. The van der Waals surface area contributed by atoms with Gasteiger partial charge in [0.15, 0.2) is 0 Å². The molecule has 4 nitrogen and oxygen atoms in total. The van der Waals surface area contributed by atoms with E-state index >= 15 is 0 Å². The SMILES string of the molecule is CC(C)n1cncc1Cn1ccc2c(CO)cccc21. The lowest BCUT2D eigenvalue weighted by Gasteiger charge is -2.13. The Morgan fingerprint density at radius 3 is 2.85 bits per heavy atom. The number of benzene rings is 1. The summed E-state index contributed by atoms with van der Waals surface area (Å²) in [7, 11) is 0. The first kappa shape index (κ1) is 12.9. The van der Waals surface area contributed by atoms with Crippen LogP contribution in [0, 0.1) is 0 Å². The van der Waals surface area contributed by atoms with Crippen molar-refractivity contribution in [3.8, 4) is 0 Å². The summed E-state index contributed by atoms with van der Waals surface area (Å²) in [6.07, 6.45) is 5.87. The standard InChI is InChI=1S/C16H19N3O/c1-12(2)19-11-17-8-14(19)9-18-7-6-15-13(10-20)4-3-5-16(15)18/h3-8,11-12,20H,9-10H2,1-2H3. The van der Waals surface area contributed by atoms with E-state index in [1.54, 1.807) is 0 Å². The number of nitrogens with zero attached hydrogens (tertiary/aromatic N) is 3. The van der Waals surface area contributed by atoms with E-state index in [0.717, 1.165) is 23.0 Å². The van der Waals surface area contributed by atoms with Crippen LogP contribution in [0.4, 0.5) is 0 Å². The summed E-state index contributed by atoms with van der Waals surface area (Å²) in [5.74, 6) is 0. The quantitative estimate of drug-likeness (QED) is 0.791. The number of imidazole rings is 1. The molecule has 0 atom stereocenters. The molecule has 20 heavy (non-hydrogen) atoms. The predicted octanol–water partition coefficient (Wildman–Crippen LogP) is 2.96. The fourth-order valence-electron chi connectivity index (χ4n) is 2.66. The Morgan fingerprint density at radius 1 is 1.25 bits per heavy atom. The number of aliphatic hydroxyl groups excluding tert-OH is 1. The first-order valence-electron chi connectivity index (χ1n) is 6.89. The van der Waals surface area contributed by atoms with Crippen LogP contribution in [0.3, 0.4) is 0 Å². The van der Waals surface area contributed by atoms with Crippen LogP contribution in [-0.4, -0.2) is 19.2 Å². The molecule has 0 aliphatic carbocycles. The lowest BCUT2D eigenvalue weighted by atomic mass is 10.1. The maximum Gasteiger partial charge on any atom is 0.0951 e. The zero-order valence-corrected chi connectivity index (χ0v) is 11.8. The van der Waals surface area contributed by atoms with Crippen LogP contribution in [0.2, 0.25) is 0 Å². The number of aliphatic hydroxyl groups is 1. The fourth-order valence-corrected chi connectivity index (χ4v) is 2.66. The molecule has 3 aromatic rings. The Bertz CT molecular complexity index is 724. The van der Waals surface area contributed by atoms with E-state index in [1.165, 1.54) is 5.69 Å². The Morgan fingerprint density at radius 2 is 2.10 bits per heavy atom. The van der Waals surface area contributed by atoms with Gasteiger partial charge >= 0.3 is 0 Å². The third-order valence-electron chi connectivity index (χ3n) is 3.71. The zero-order chi connectivity index (χ0) is 14.1. The molecule has 0 bridgehead atoms. The molecule has 1 aromatic carbocycles. The van der Waals surface area contributed by atoms with Crippen molar-refractivity contribution >= 4 is 10.9 Å². The third-order valence-corrected chi connectivity index (χ3v) is 3.71. The van der Waals surface area contributed by atoms with Gasteiger partial charge in [-0.25, -0.2) is 4.98 Å². The van der Waals surface area contributed by atoms with E-state index in [2.05, 4.69) is 46.3 Å². The van der Waals surface area contributed by atoms with Crippen LogP contribution in [0.1, 0.15) is 31.1 Å². The minimum Gasteiger partial charge on any atom is -0.392 e. The van der Waals surface area contributed by atoms with Crippen LogP contribution in [0.5, 0.6) is 0 Å². The van der Waals surface area contributed by atoms with E-state index in [4.69, 9.17) is 0 Å². The maximum absolute atomic E-state index is 9.40. The molecule has 0 aliphatic rings. The highest BCUT2D eigenvalue weighted by atomic mass is 16.3. The lowest BCUT2D eigenvalue weighted by Crippen LogP contribution is -2.08. The third kappa shape index (κ3) is 2.12. The number of fused-ring (bicyclic) bond motifs is 1. The maximum atomic E-state index is 9.40. The first-order chi connectivity index (χ1) is 9.70. The lowest BCUT2D eigenvalue weighted by molar-refractivity contribution is 0.283. The van der Waals surface area contributed by atoms with Gasteiger partial charge in [-0.3, -0.25) is 0 Å². The Balaban J connectivity index is 2.01. The van der Waals surface area contributed by atoms with Gasteiger partial charge < -0.3 is 14.2 Å². The minimum absolute atomic E-state index is 0.0747. The molecular formula is C16H19N3O. The number of hydrogen-bond acceptors (Lipinski definition) is 2. The number of aromatic nitrogens is 3. The van der Waals surface area contributed by atoms with E-state index in [1.807, 2.05) is 24.7 Å². The summed E-state index contributed by atoms with van der Waals surface area (Å²) >= 11 is 0. The van der Waals surface area contributed by atoms with Crippen molar-refractivity contribution in [2.24, 2.45) is 0 Å². The molecule has 0 fully saturated rings. The van der Waals surface area contributed by atoms with E-state index in [-0.39, 0.29) is 6.61 Å². The monoisotopic (exact) mass is 269 g/mol. The molecule has 3 rings (SSSR count). The van der Waals surface area contributed by atoms with Crippen molar-refractivity contribution in [1.29, 1.82) is 0 Å². The Hall–Kier alpha value is -2.07. The van der Waals surface area contributed by atoms with E-state index in [0.29, 0.717) is 6.04 Å². The van der Waals surface area contributed by atoms with Crippen LogP contribution in [-0.2, 0) is 13.2 Å². The normalized spacial score (nSPS) is 11.6. The smallest absolute Gasteiger partial charge is 0.0951 e. The number of hydrogen-bond donors (Lipinski definition) is 1. The molecular weight excluding hydrogens is 250 g/mol.